The third-order valence-electron chi connectivity index (χ3n) is 3.93. The van der Waals surface area contributed by atoms with E-state index in [4.69, 9.17) is 27.9 Å². The minimum Gasteiger partial charge on any atom is -0.426 e. The molecule has 0 aromatic heterocycles. The first-order valence-electron chi connectivity index (χ1n) is 8.55. The summed E-state index contributed by atoms with van der Waals surface area (Å²) < 4.78 is 18.3. The van der Waals surface area contributed by atoms with Gasteiger partial charge in [0, 0.05) is 16.9 Å². The fourth-order valence-corrected chi connectivity index (χ4v) is 3.55. The summed E-state index contributed by atoms with van der Waals surface area (Å²) in [4.78, 5) is 24.4. The lowest BCUT2D eigenvalue weighted by Gasteiger charge is -2.06. The topological polar surface area (TPSA) is 43.4 Å². The molecule has 7 heteroatoms. The van der Waals surface area contributed by atoms with Gasteiger partial charge in [0.05, 0.1) is 15.8 Å². The second kappa shape index (κ2) is 9.92. The smallest absolute Gasteiger partial charge is 0.321 e. The van der Waals surface area contributed by atoms with Crippen molar-refractivity contribution in [2.24, 2.45) is 0 Å². The van der Waals surface area contributed by atoms with Gasteiger partial charge in [0.25, 0.3) is 0 Å². The molecule has 29 heavy (non-hydrogen) atoms. The van der Waals surface area contributed by atoms with Crippen LogP contribution in [0.2, 0.25) is 10.0 Å². The lowest BCUT2D eigenvalue weighted by Crippen LogP contribution is -2.11. The van der Waals surface area contributed by atoms with Crippen LogP contribution in [0.5, 0.6) is 5.75 Å². The highest BCUT2D eigenvalue weighted by Crippen LogP contribution is 2.25. The Bertz CT molecular complexity index is 1020. The Labute approximate surface area is 181 Å². The molecule has 0 aliphatic carbocycles. The number of benzene rings is 3. The number of esters is 1. The zero-order valence-corrected chi connectivity index (χ0v) is 17.4. The SMILES string of the molecule is O=C(CSCc1ccc(Cl)c(Cl)c1)Oc1ccc(C(=O)c2ccc(F)cc2)cc1. The first-order valence-corrected chi connectivity index (χ1v) is 10.5. The highest BCUT2D eigenvalue weighted by atomic mass is 35.5. The highest BCUT2D eigenvalue weighted by molar-refractivity contribution is 7.99. The van der Waals surface area contributed by atoms with Crippen molar-refractivity contribution in [2.45, 2.75) is 5.75 Å². The molecule has 3 aromatic carbocycles. The maximum absolute atomic E-state index is 13.0. The molecule has 3 rings (SSSR count). The van der Waals surface area contributed by atoms with E-state index >= 15 is 0 Å². The molecule has 0 heterocycles. The number of rotatable bonds is 7. The molecule has 0 saturated carbocycles. The Morgan fingerprint density at radius 3 is 2.10 bits per heavy atom. The molecule has 0 N–H and O–H groups in total. The predicted octanol–water partition coefficient (Wildman–Crippen LogP) is 6.20. The summed E-state index contributed by atoms with van der Waals surface area (Å²) >= 11 is 13.2. The van der Waals surface area contributed by atoms with Crippen molar-refractivity contribution in [2.75, 3.05) is 5.75 Å². The maximum Gasteiger partial charge on any atom is 0.321 e. The number of carbonyl (C=O) groups excluding carboxylic acids is 2. The van der Waals surface area contributed by atoms with Gasteiger partial charge < -0.3 is 4.74 Å². The molecule has 3 aromatic rings. The molecule has 3 nitrogen and oxygen atoms in total. The van der Waals surface area contributed by atoms with Crippen LogP contribution in [0.1, 0.15) is 21.5 Å². The molecule has 0 atom stereocenters. The molecule has 148 valence electrons. The third-order valence-corrected chi connectivity index (χ3v) is 5.64. The van der Waals surface area contributed by atoms with E-state index in [1.807, 2.05) is 6.07 Å². The summed E-state index contributed by atoms with van der Waals surface area (Å²) in [6, 6.07) is 16.9. The van der Waals surface area contributed by atoms with Crippen LogP contribution < -0.4 is 4.74 Å². The molecule has 0 unspecified atom stereocenters. The number of ketones is 1. The van der Waals surface area contributed by atoms with Crippen LogP contribution in [0, 0.1) is 5.82 Å². The van der Waals surface area contributed by atoms with Crippen LogP contribution in [0.25, 0.3) is 0 Å². The Balaban J connectivity index is 1.51. The quantitative estimate of drug-likeness (QED) is 0.245. The van der Waals surface area contributed by atoms with Gasteiger partial charge >= 0.3 is 5.97 Å². The molecule has 0 amide bonds. The average molecular weight is 449 g/mol. The normalized spacial score (nSPS) is 10.6. The third kappa shape index (κ3) is 6.07. The van der Waals surface area contributed by atoms with Gasteiger partial charge in [-0.3, -0.25) is 9.59 Å². The van der Waals surface area contributed by atoms with Crippen molar-refractivity contribution in [3.8, 4) is 5.75 Å². The first kappa shape index (κ1) is 21.4. The summed E-state index contributed by atoms with van der Waals surface area (Å²) in [6.07, 6.45) is 0. The van der Waals surface area contributed by atoms with Crippen molar-refractivity contribution < 1.29 is 18.7 Å². The van der Waals surface area contributed by atoms with Gasteiger partial charge in [-0.05, 0) is 66.2 Å². The van der Waals surface area contributed by atoms with Gasteiger partial charge in [-0.2, -0.15) is 0 Å². The Hall–Kier alpha value is -2.34. The van der Waals surface area contributed by atoms with Crippen LogP contribution in [0.3, 0.4) is 0 Å². The van der Waals surface area contributed by atoms with E-state index in [0.29, 0.717) is 32.7 Å². The van der Waals surface area contributed by atoms with Gasteiger partial charge in [0.2, 0.25) is 0 Å². The summed E-state index contributed by atoms with van der Waals surface area (Å²) in [5, 5.41) is 0.962. The van der Waals surface area contributed by atoms with Crippen molar-refractivity contribution in [1.82, 2.24) is 0 Å². The predicted molar refractivity (Wildman–Crippen MR) is 115 cm³/mol. The van der Waals surface area contributed by atoms with E-state index in [0.717, 1.165) is 5.56 Å². The molecular formula is C22H15Cl2FO3S. The number of ether oxygens (including phenoxy) is 1. The molecule has 0 aliphatic rings. The summed E-state index contributed by atoms with van der Waals surface area (Å²) in [5.74, 6) is 0.0718. The second-order valence-electron chi connectivity index (χ2n) is 6.08. The number of hydrogen-bond acceptors (Lipinski definition) is 4. The van der Waals surface area contributed by atoms with Crippen LogP contribution in [-0.4, -0.2) is 17.5 Å². The molecule has 0 saturated heterocycles. The highest BCUT2D eigenvalue weighted by Gasteiger charge is 2.11. The van der Waals surface area contributed by atoms with Gasteiger partial charge in [-0.25, -0.2) is 4.39 Å². The largest absolute Gasteiger partial charge is 0.426 e. The second-order valence-corrected chi connectivity index (χ2v) is 7.88. The van der Waals surface area contributed by atoms with Gasteiger partial charge in [-0.15, -0.1) is 11.8 Å². The Morgan fingerprint density at radius 1 is 0.862 bits per heavy atom. The first-order chi connectivity index (χ1) is 13.9. The van der Waals surface area contributed by atoms with Crippen molar-refractivity contribution in [3.63, 3.8) is 0 Å². The minimum absolute atomic E-state index is 0.163. The van der Waals surface area contributed by atoms with E-state index < -0.39 is 11.8 Å². The zero-order chi connectivity index (χ0) is 20.8. The number of halogens is 3. The number of hydrogen-bond donors (Lipinski definition) is 0. The lowest BCUT2D eigenvalue weighted by atomic mass is 10.0. The average Bonchev–Trinajstić information content (AvgIpc) is 2.71. The molecule has 0 radical (unpaired) electrons. The number of thioether (sulfide) groups is 1. The lowest BCUT2D eigenvalue weighted by molar-refractivity contribution is -0.131. The van der Waals surface area contributed by atoms with E-state index in [1.165, 1.54) is 36.0 Å². The van der Waals surface area contributed by atoms with Crippen LogP contribution in [-0.2, 0) is 10.5 Å². The molecule has 0 aliphatic heterocycles. The van der Waals surface area contributed by atoms with Gasteiger partial charge in [0.15, 0.2) is 5.78 Å². The molecule has 0 fully saturated rings. The van der Waals surface area contributed by atoms with Crippen LogP contribution in [0.4, 0.5) is 4.39 Å². The van der Waals surface area contributed by atoms with E-state index in [2.05, 4.69) is 0 Å². The summed E-state index contributed by atoms with van der Waals surface area (Å²) in [7, 11) is 0. The van der Waals surface area contributed by atoms with Crippen molar-refractivity contribution >= 4 is 46.7 Å². The standard InChI is InChI=1S/C22H15Cl2FO3S/c23-19-10-1-14(11-20(19)24)12-29-13-21(26)28-18-8-4-16(5-9-18)22(27)15-2-6-17(25)7-3-15/h1-11H,12-13H2. The summed E-state index contributed by atoms with van der Waals surface area (Å²) in [5.41, 5.74) is 1.76. The molecule has 0 spiro atoms. The maximum atomic E-state index is 13.0. The molecule has 0 bridgehead atoms. The van der Waals surface area contributed by atoms with Crippen LogP contribution >= 0.6 is 35.0 Å². The van der Waals surface area contributed by atoms with E-state index in [1.54, 1.807) is 36.4 Å². The Kier molecular flexibility index (Phi) is 7.31. The zero-order valence-electron chi connectivity index (χ0n) is 15.0. The van der Waals surface area contributed by atoms with Crippen LogP contribution in [0.15, 0.2) is 66.7 Å². The monoisotopic (exact) mass is 448 g/mol. The summed E-state index contributed by atoms with van der Waals surface area (Å²) in [6.45, 7) is 0. The van der Waals surface area contributed by atoms with E-state index in [-0.39, 0.29) is 11.5 Å². The van der Waals surface area contributed by atoms with Gasteiger partial charge in [0.1, 0.15) is 11.6 Å². The van der Waals surface area contributed by atoms with Crippen molar-refractivity contribution in [3.05, 3.63) is 99.3 Å². The van der Waals surface area contributed by atoms with E-state index in [9.17, 15) is 14.0 Å². The number of carbonyl (C=O) groups is 2. The minimum atomic E-state index is -0.402. The Morgan fingerprint density at radius 2 is 1.48 bits per heavy atom. The molecular weight excluding hydrogens is 434 g/mol. The fourth-order valence-electron chi connectivity index (χ4n) is 2.48. The van der Waals surface area contributed by atoms with Crippen molar-refractivity contribution in [1.29, 1.82) is 0 Å². The fraction of sp³-hybridized carbons (Fsp3) is 0.0909. The van der Waals surface area contributed by atoms with Gasteiger partial charge in [-0.1, -0.05) is 29.3 Å².